The summed E-state index contributed by atoms with van der Waals surface area (Å²) in [6.45, 7) is 2.84. The van der Waals surface area contributed by atoms with Gasteiger partial charge in [0.05, 0.1) is 5.02 Å². The molecule has 1 heterocycles. The summed E-state index contributed by atoms with van der Waals surface area (Å²) in [5.74, 6) is -0.851. The zero-order valence-electron chi connectivity index (χ0n) is 12.4. The molecule has 2 rings (SSSR count). The SMILES string of the molecule is CC(=O)N1CC[C@H](CN(C)S(=O)(=O)c2c(F)cccc2Cl)C1. The van der Waals surface area contributed by atoms with Gasteiger partial charge in [-0.3, -0.25) is 4.79 Å². The van der Waals surface area contributed by atoms with Crippen molar-refractivity contribution in [1.29, 1.82) is 0 Å². The van der Waals surface area contributed by atoms with Crippen LogP contribution in [-0.2, 0) is 14.8 Å². The average molecular weight is 349 g/mol. The minimum Gasteiger partial charge on any atom is -0.343 e. The summed E-state index contributed by atoms with van der Waals surface area (Å²) in [5, 5.41) is -0.136. The van der Waals surface area contributed by atoms with Crippen LogP contribution in [0.4, 0.5) is 4.39 Å². The molecule has 8 heteroatoms. The van der Waals surface area contributed by atoms with Gasteiger partial charge in [-0.05, 0) is 24.5 Å². The third-order valence-corrected chi connectivity index (χ3v) is 6.16. The summed E-state index contributed by atoms with van der Waals surface area (Å²) in [4.78, 5) is 12.5. The number of carbonyl (C=O) groups is 1. The highest BCUT2D eigenvalue weighted by molar-refractivity contribution is 7.89. The highest BCUT2D eigenvalue weighted by Gasteiger charge is 2.31. The van der Waals surface area contributed by atoms with Crippen LogP contribution in [-0.4, -0.2) is 50.2 Å². The first-order chi connectivity index (χ1) is 10.2. The molecule has 0 spiro atoms. The van der Waals surface area contributed by atoms with Gasteiger partial charge in [0.2, 0.25) is 15.9 Å². The molecule has 1 aromatic carbocycles. The van der Waals surface area contributed by atoms with Crippen LogP contribution in [0.5, 0.6) is 0 Å². The summed E-state index contributed by atoms with van der Waals surface area (Å²) < 4.78 is 39.9. The van der Waals surface area contributed by atoms with Crippen LogP contribution in [0.2, 0.25) is 5.02 Å². The van der Waals surface area contributed by atoms with Gasteiger partial charge in [-0.2, -0.15) is 0 Å². The second-order valence-corrected chi connectivity index (χ2v) is 7.84. The van der Waals surface area contributed by atoms with Gasteiger partial charge in [0.25, 0.3) is 0 Å². The van der Waals surface area contributed by atoms with Crippen LogP contribution in [0.3, 0.4) is 0 Å². The average Bonchev–Trinajstić information content (AvgIpc) is 2.86. The van der Waals surface area contributed by atoms with Crippen LogP contribution in [0, 0.1) is 11.7 Å². The molecule has 1 saturated heterocycles. The molecule has 0 aromatic heterocycles. The molecule has 1 aliphatic heterocycles. The van der Waals surface area contributed by atoms with E-state index in [1.807, 2.05) is 0 Å². The number of nitrogens with zero attached hydrogens (tertiary/aromatic N) is 2. The Morgan fingerprint density at radius 1 is 1.50 bits per heavy atom. The maximum atomic E-state index is 13.8. The lowest BCUT2D eigenvalue weighted by atomic mass is 10.1. The number of hydrogen-bond donors (Lipinski definition) is 0. The molecule has 0 bridgehead atoms. The topological polar surface area (TPSA) is 57.7 Å². The van der Waals surface area contributed by atoms with E-state index in [9.17, 15) is 17.6 Å². The van der Waals surface area contributed by atoms with Gasteiger partial charge >= 0.3 is 0 Å². The number of halogens is 2. The van der Waals surface area contributed by atoms with Crippen molar-refractivity contribution in [3.05, 3.63) is 29.0 Å². The normalized spacial score (nSPS) is 19.0. The minimum absolute atomic E-state index is 0.0230. The van der Waals surface area contributed by atoms with Crippen LogP contribution in [0.25, 0.3) is 0 Å². The van der Waals surface area contributed by atoms with Crippen LogP contribution < -0.4 is 0 Å². The van der Waals surface area contributed by atoms with Gasteiger partial charge in [-0.1, -0.05) is 17.7 Å². The first-order valence-corrected chi connectivity index (χ1v) is 8.71. The Morgan fingerprint density at radius 2 is 2.18 bits per heavy atom. The van der Waals surface area contributed by atoms with E-state index in [-0.39, 0.29) is 23.4 Å². The number of likely N-dealkylation sites (tertiary alicyclic amines) is 1. The number of rotatable bonds is 4. The quantitative estimate of drug-likeness (QED) is 0.836. The Bertz CT molecular complexity index is 660. The van der Waals surface area contributed by atoms with E-state index >= 15 is 0 Å². The van der Waals surface area contributed by atoms with E-state index in [0.29, 0.717) is 13.1 Å². The highest BCUT2D eigenvalue weighted by atomic mass is 35.5. The Kier molecular flexibility index (Phi) is 5.09. The molecule has 5 nitrogen and oxygen atoms in total. The van der Waals surface area contributed by atoms with E-state index in [0.717, 1.165) is 16.8 Å². The molecule has 122 valence electrons. The molecular formula is C14H18ClFN2O3S. The van der Waals surface area contributed by atoms with E-state index in [1.165, 1.54) is 26.1 Å². The number of sulfonamides is 1. The number of benzene rings is 1. The van der Waals surface area contributed by atoms with Crippen LogP contribution >= 0.6 is 11.6 Å². The monoisotopic (exact) mass is 348 g/mol. The highest BCUT2D eigenvalue weighted by Crippen LogP contribution is 2.28. The smallest absolute Gasteiger partial charge is 0.247 e. The van der Waals surface area contributed by atoms with Gasteiger partial charge in [0.15, 0.2) is 0 Å². The molecule has 22 heavy (non-hydrogen) atoms. The molecular weight excluding hydrogens is 331 g/mol. The zero-order valence-corrected chi connectivity index (χ0v) is 14.0. The van der Waals surface area contributed by atoms with Crippen molar-refractivity contribution in [2.24, 2.45) is 5.92 Å². The Labute approximate surface area is 134 Å². The first kappa shape index (κ1) is 17.2. The molecule has 0 N–H and O–H groups in total. The Hall–Kier alpha value is -1.18. The molecule has 0 aliphatic carbocycles. The van der Waals surface area contributed by atoms with E-state index in [4.69, 9.17) is 11.6 Å². The van der Waals surface area contributed by atoms with Crippen molar-refractivity contribution < 1.29 is 17.6 Å². The fraction of sp³-hybridized carbons (Fsp3) is 0.500. The zero-order chi connectivity index (χ0) is 16.5. The second kappa shape index (κ2) is 6.52. The van der Waals surface area contributed by atoms with Gasteiger partial charge in [-0.15, -0.1) is 0 Å². The molecule has 1 aromatic rings. The lowest BCUT2D eigenvalue weighted by Crippen LogP contribution is -2.34. The Morgan fingerprint density at radius 3 is 2.73 bits per heavy atom. The predicted octanol–water partition coefficient (Wildman–Crippen LogP) is 1.97. The van der Waals surface area contributed by atoms with E-state index in [2.05, 4.69) is 0 Å². The predicted molar refractivity (Wildman–Crippen MR) is 81.6 cm³/mol. The van der Waals surface area contributed by atoms with Crippen molar-refractivity contribution >= 4 is 27.5 Å². The lowest BCUT2D eigenvalue weighted by Gasteiger charge is -2.22. The third-order valence-electron chi connectivity index (χ3n) is 3.83. The van der Waals surface area contributed by atoms with Gasteiger partial charge in [0, 0.05) is 33.6 Å². The maximum Gasteiger partial charge on any atom is 0.247 e. The van der Waals surface area contributed by atoms with E-state index < -0.39 is 20.7 Å². The minimum atomic E-state index is -4.00. The van der Waals surface area contributed by atoms with Crippen molar-refractivity contribution in [1.82, 2.24) is 9.21 Å². The molecule has 1 fully saturated rings. The van der Waals surface area contributed by atoms with Crippen molar-refractivity contribution in [3.8, 4) is 0 Å². The van der Waals surface area contributed by atoms with Crippen LogP contribution in [0.1, 0.15) is 13.3 Å². The number of amides is 1. The summed E-state index contributed by atoms with van der Waals surface area (Å²) in [5.41, 5.74) is 0. The molecule has 1 aliphatic rings. The lowest BCUT2D eigenvalue weighted by molar-refractivity contribution is -0.127. The summed E-state index contributed by atoms with van der Waals surface area (Å²) >= 11 is 5.84. The van der Waals surface area contributed by atoms with Crippen molar-refractivity contribution in [2.45, 2.75) is 18.2 Å². The standard InChI is InChI=1S/C14H18ClFN2O3S/c1-10(19)18-7-6-11(9-18)8-17(2)22(20,21)14-12(15)4-3-5-13(14)16/h3-5,11H,6-9H2,1-2H3/t11-/m1/s1. The molecule has 0 radical (unpaired) electrons. The summed E-state index contributed by atoms with van der Waals surface area (Å²) in [6.07, 6.45) is 0.727. The van der Waals surface area contributed by atoms with Crippen molar-refractivity contribution in [2.75, 3.05) is 26.7 Å². The first-order valence-electron chi connectivity index (χ1n) is 6.89. The molecule has 1 atom stereocenters. The van der Waals surface area contributed by atoms with Gasteiger partial charge in [-0.25, -0.2) is 17.1 Å². The molecule has 0 saturated carbocycles. The van der Waals surface area contributed by atoms with Gasteiger partial charge in [0.1, 0.15) is 10.7 Å². The fourth-order valence-corrected chi connectivity index (χ4v) is 4.42. The maximum absolute atomic E-state index is 13.8. The molecule has 1 amide bonds. The fourth-order valence-electron chi connectivity index (χ4n) is 2.61. The summed E-state index contributed by atoms with van der Waals surface area (Å²) in [7, 11) is -2.61. The van der Waals surface area contributed by atoms with Crippen LogP contribution in [0.15, 0.2) is 23.1 Å². The number of carbonyl (C=O) groups excluding carboxylic acids is 1. The largest absolute Gasteiger partial charge is 0.343 e. The summed E-state index contributed by atoms with van der Waals surface area (Å²) in [6, 6.07) is 3.77. The Balaban J connectivity index is 2.15. The molecule has 0 unspecified atom stereocenters. The van der Waals surface area contributed by atoms with E-state index in [1.54, 1.807) is 4.90 Å². The van der Waals surface area contributed by atoms with Gasteiger partial charge < -0.3 is 4.90 Å². The third kappa shape index (κ3) is 3.42. The van der Waals surface area contributed by atoms with Crippen molar-refractivity contribution in [3.63, 3.8) is 0 Å². The number of hydrogen-bond acceptors (Lipinski definition) is 3. The second-order valence-electron chi connectivity index (χ2n) is 5.46.